The zero-order valence-electron chi connectivity index (χ0n) is 22.9. The van der Waals surface area contributed by atoms with Crippen LogP contribution in [-0.2, 0) is 22.6 Å². The number of nitrogens with one attached hydrogen (secondary N) is 3. The summed E-state index contributed by atoms with van der Waals surface area (Å²) in [5.41, 5.74) is 2.23. The van der Waals surface area contributed by atoms with Gasteiger partial charge in [-0.1, -0.05) is 66.7 Å². The van der Waals surface area contributed by atoms with Gasteiger partial charge in [0.25, 0.3) is 0 Å². The van der Waals surface area contributed by atoms with Crippen LogP contribution < -0.4 is 10.6 Å². The molecule has 0 unspecified atom stereocenters. The van der Waals surface area contributed by atoms with Crippen molar-refractivity contribution in [3.05, 3.63) is 108 Å². The summed E-state index contributed by atoms with van der Waals surface area (Å²) >= 11 is 0. The molecule has 2 atom stereocenters. The van der Waals surface area contributed by atoms with E-state index >= 15 is 0 Å². The molecule has 0 fully saturated rings. The molecule has 0 bridgehead atoms. The molecule has 3 aromatic carbocycles. The third kappa shape index (κ3) is 6.02. The topological polar surface area (TPSA) is 99.6 Å². The van der Waals surface area contributed by atoms with Crippen molar-refractivity contribution < 1.29 is 18.7 Å². The number of carbonyl (C=O) groups excluding carboxylic acids is 2. The van der Waals surface area contributed by atoms with Crippen molar-refractivity contribution in [1.29, 1.82) is 0 Å². The number of rotatable bonds is 10. The van der Waals surface area contributed by atoms with E-state index in [0.29, 0.717) is 5.76 Å². The molecule has 8 nitrogen and oxygen atoms in total. The Morgan fingerprint density at radius 3 is 2.50 bits per heavy atom. The van der Waals surface area contributed by atoms with Gasteiger partial charge in [-0.2, -0.15) is 0 Å². The minimum absolute atomic E-state index is 0.0618. The second-order valence-corrected chi connectivity index (χ2v) is 10.4. The fraction of sp³-hybridized carbons (Fsp3) is 0.250. The molecule has 0 aliphatic rings. The lowest BCUT2D eigenvalue weighted by atomic mass is 9.88. The van der Waals surface area contributed by atoms with Gasteiger partial charge in [0.15, 0.2) is 6.61 Å². The molecule has 0 spiro atoms. The number of fused-ring (bicyclic) bond motifs is 2. The summed E-state index contributed by atoms with van der Waals surface area (Å²) in [5.74, 6) is 0.219. The number of carbonyl (C=O) groups is 2. The Morgan fingerprint density at radius 1 is 1.00 bits per heavy atom. The van der Waals surface area contributed by atoms with Gasteiger partial charge in [0.05, 0.1) is 6.04 Å². The maximum atomic E-state index is 14.1. The maximum absolute atomic E-state index is 14.1. The summed E-state index contributed by atoms with van der Waals surface area (Å²) in [4.78, 5) is 32.6. The molecule has 3 N–H and O–H groups in total. The van der Waals surface area contributed by atoms with E-state index in [1.54, 1.807) is 0 Å². The zero-order valence-corrected chi connectivity index (χ0v) is 22.9. The van der Waals surface area contributed by atoms with Crippen LogP contribution >= 0.6 is 0 Å². The Hall–Kier alpha value is -4.56. The Labute approximate surface area is 233 Å². The molecule has 0 aliphatic heterocycles. The van der Waals surface area contributed by atoms with Crippen LogP contribution in [0, 0.1) is 0 Å². The van der Waals surface area contributed by atoms with E-state index in [1.807, 2.05) is 117 Å². The number of H-pyrrole nitrogens is 1. The monoisotopic (exact) mass is 538 g/mol. The lowest BCUT2D eigenvalue weighted by Gasteiger charge is -2.36. The van der Waals surface area contributed by atoms with Gasteiger partial charge in [-0.3, -0.25) is 4.79 Å². The highest BCUT2D eigenvalue weighted by Gasteiger charge is 2.42. The van der Waals surface area contributed by atoms with E-state index in [9.17, 15) is 9.59 Å². The minimum Gasteiger partial charge on any atom is -0.457 e. The highest BCUT2D eigenvalue weighted by molar-refractivity contribution is 5.92. The molecular weight excluding hydrogens is 504 g/mol. The first-order chi connectivity index (χ1) is 19.3. The maximum Gasteiger partial charge on any atom is 0.408 e. The summed E-state index contributed by atoms with van der Waals surface area (Å²) in [5, 5.41) is 8.01. The first kappa shape index (κ1) is 27.0. The van der Waals surface area contributed by atoms with Gasteiger partial charge < -0.3 is 29.7 Å². The lowest BCUT2D eigenvalue weighted by Crippen LogP contribution is -2.65. The van der Waals surface area contributed by atoms with Crippen LogP contribution in [0.2, 0.25) is 0 Å². The number of alkyl carbamates (subject to hydrolysis) is 1. The van der Waals surface area contributed by atoms with Crippen molar-refractivity contribution in [2.75, 3.05) is 20.6 Å². The summed E-state index contributed by atoms with van der Waals surface area (Å²) in [6.07, 6.45) is 1.44. The van der Waals surface area contributed by atoms with Gasteiger partial charge in [0.1, 0.15) is 16.9 Å². The first-order valence-corrected chi connectivity index (χ1v) is 13.3. The number of likely N-dealkylation sites (N-methyl/N-ethyl adjacent to an activating group) is 1. The van der Waals surface area contributed by atoms with Crippen LogP contribution in [-0.4, -0.2) is 48.1 Å². The Kier molecular flexibility index (Phi) is 7.89. The number of aromatic amines is 1. The molecule has 0 aliphatic carbocycles. The van der Waals surface area contributed by atoms with E-state index < -0.39 is 11.6 Å². The molecule has 5 rings (SSSR count). The molecule has 0 saturated carbocycles. The first-order valence-electron chi connectivity index (χ1n) is 13.3. The van der Waals surface area contributed by atoms with Gasteiger partial charge in [0.2, 0.25) is 5.91 Å². The number of hydrogen-bond donors (Lipinski definition) is 3. The molecule has 206 valence electrons. The smallest absolute Gasteiger partial charge is 0.408 e. The largest absolute Gasteiger partial charge is 0.457 e. The molecule has 40 heavy (non-hydrogen) atoms. The molecule has 0 radical (unpaired) electrons. The standard InChI is InChI=1S/C32H34N4O4/c1-22(23-11-5-4-6-12-23)34-30(37)32(21-36(2)3,18-25-19-33-28-15-9-8-14-27(25)28)35-31(38)39-20-26-17-24-13-7-10-16-29(24)40-26/h4-17,19,22,33H,18,20-21H2,1-3H3,(H,34,37)(H,35,38)/t22-,32-/m0/s1. The Balaban J connectivity index is 1.43. The predicted octanol–water partition coefficient (Wildman–Crippen LogP) is 5.56. The number of benzene rings is 3. The summed E-state index contributed by atoms with van der Waals surface area (Å²) < 4.78 is 11.4. The average molecular weight is 539 g/mol. The number of ether oxygens (including phenoxy) is 1. The second kappa shape index (κ2) is 11.7. The van der Waals surface area contributed by atoms with Crippen molar-refractivity contribution in [2.24, 2.45) is 0 Å². The van der Waals surface area contributed by atoms with E-state index in [4.69, 9.17) is 9.15 Å². The summed E-state index contributed by atoms with van der Waals surface area (Å²) in [6, 6.07) is 26.8. The molecule has 2 aromatic heterocycles. The van der Waals surface area contributed by atoms with Gasteiger partial charge in [-0.15, -0.1) is 0 Å². The second-order valence-electron chi connectivity index (χ2n) is 10.4. The number of hydrogen-bond acceptors (Lipinski definition) is 5. The molecule has 5 aromatic rings. The Morgan fingerprint density at radius 2 is 1.73 bits per heavy atom. The van der Waals surface area contributed by atoms with Crippen molar-refractivity contribution in [2.45, 2.75) is 31.5 Å². The van der Waals surface area contributed by atoms with Crippen LogP contribution in [0.3, 0.4) is 0 Å². The fourth-order valence-electron chi connectivity index (χ4n) is 5.13. The highest BCUT2D eigenvalue weighted by Crippen LogP contribution is 2.25. The highest BCUT2D eigenvalue weighted by atomic mass is 16.6. The summed E-state index contributed by atoms with van der Waals surface area (Å²) in [6.45, 7) is 2.12. The third-order valence-electron chi connectivity index (χ3n) is 7.00. The van der Waals surface area contributed by atoms with Gasteiger partial charge in [-0.05, 0) is 50.3 Å². The summed E-state index contributed by atoms with van der Waals surface area (Å²) in [7, 11) is 3.75. The van der Waals surface area contributed by atoms with Crippen LogP contribution in [0.15, 0.2) is 95.5 Å². The Bertz CT molecular complexity index is 1570. The molecule has 8 heteroatoms. The van der Waals surface area contributed by atoms with E-state index in [2.05, 4.69) is 15.6 Å². The number of furan rings is 1. The number of amides is 2. The SMILES string of the molecule is C[C@H](NC(=O)[C@](Cc1c[nH]c2ccccc12)(CN(C)C)NC(=O)OCc1cc2ccccc2o1)c1ccccc1. The van der Waals surface area contributed by atoms with Crippen molar-refractivity contribution in [3.63, 3.8) is 0 Å². The van der Waals surface area contributed by atoms with Crippen molar-refractivity contribution >= 4 is 33.9 Å². The molecule has 2 amide bonds. The molecular formula is C32H34N4O4. The molecule has 0 saturated heterocycles. The van der Waals surface area contributed by atoms with E-state index in [1.165, 1.54) is 0 Å². The van der Waals surface area contributed by atoms with Crippen molar-refractivity contribution in [3.8, 4) is 0 Å². The van der Waals surface area contributed by atoms with Crippen LogP contribution in [0.25, 0.3) is 21.9 Å². The van der Waals surface area contributed by atoms with E-state index in [0.717, 1.165) is 33.0 Å². The van der Waals surface area contributed by atoms with Crippen LogP contribution in [0.5, 0.6) is 0 Å². The predicted molar refractivity (Wildman–Crippen MR) is 156 cm³/mol. The van der Waals surface area contributed by atoms with E-state index in [-0.39, 0.29) is 31.5 Å². The number of nitrogens with zero attached hydrogens (tertiary/aromatic N) is 1. The lowest BCUT2D eigenvalue weighted by molar-refractivity contribution is -0.129. The minimum atomic E-state index is -1.33. The van der Waals surface area contributed by atoms with Gasteiger partial charge in [0, 0.05) is 35.5 Å². The van der Waals surface area contributed by atoms with Gasteiger partial charge in [-0.25, -0.2) is 4.79 Å². The zero-order chi connectivity index (χ0) is 28.1. The number of para-hydroxylation sites is 2. The van der Waals surface area contributed by atoms with Crippen LogP contribution in [0.1, 0.15) is 29.9 Å². The quantitative estimate of drug-likeness (QED) is 0.216. The van der Waals surface area contributed by atoms with Crippen LogP contribution in [0.4, 0.5) is 4.79 Å². The molecule has 2 heterocycles. The number of aromatic nitrogens is 1. The van der Waals surface area contributed by atoms with Gasteiger partial charge >= 0.3 is 6.09 Å². The fourth-order valence-corrected chi connectivity index (χ4v) is 5.13. The third-order valence-corrected chi connectivity index (χ3v) is 7.00. The van der Waals surface area contributed by atoms with Crippen molar-refractivity contribution in [1.82, 2.24) is 20.5 Å². The normalized spacial score (nSPS) is 13.7. The average Bonchev–Trinajstić information content (AvgIpc) is 3.55.